The van der Waals surface area contributed by atoms with E-state index in [-0.39, 0.29) is 67.6 Å². The van der Waals surface area contributed by atoms with Gasteiger partial charge in [-0.3, -0.25) is 43.3 Å². The molecular weight excluding hydrogens is 1390 g/mol. The summed E-state index contributed by atoms with van der Waals surface area (Å²) in [7, 11) is 0. The van der Waals surface area contributed by atoms with Crippen molar-refractivity contribution < 1.29 is 53.4 Å². The number of aromatic hydroxyl groups is 1. The van der Waals surface area contributed by atoms with Crippen molar-refractivity contribution in [2.45, 2.75) is 145 Å². The number of fused-ring (bicyclic) bond motifs is 4. The SMILES string of the molecule is CCCN1C[C@H](CSCC(=O)N[C@H](Cc2ccccc2)C(=O)N[C@@H](CS)C(=O)N[C@@H](Cc2ccc(O)cc2)C(=O)N[C@@H](Cc2c[nH]c3ccccc23)C(=O)N[C@@H](CCCCN)C(=O)N[C@H](C(=O)N[C@@H](CS)C(=O)N[C@@H](Cc2ccc3ccccc3c2)C(=O)O)C(C)C)CC2c3cccc4[nH]cc(c34)CC21. The van der Waals surface area contributed by atoms with Crippen molar-refractivity contribution in [2.24, 2.45) is 17.6 Å². The van der Waals surface area contributed by atoms with Gasteiger partial charge in [-0.15, -0.1) is 0 Å². The maximum Gasteiger partial charge on any atom is 0.326 e. The van der Waals surface area contributed by atoms with Gasteiger partial charge in [0, 0.05) is 89.9 Å². The summed E-state index contributed by atoms with van der Waals surface area (Å²) in [6.45, 7) is 7.70. The van der Waals surface area contributed by atoms with E-state index in [9.17, 15) is 43.8 Å². The van der Waals surface area contributed by atoms with Crippen LogP contribution in [0.15, 0.2) is 152 Å². The number of piperidine rings is 1. The van der Waals surface area contributed by atoms with Gasteiger partial charge in [0.1, 0.15) is 54.1 Å². The highest BCUT2D eigenvalue weighted by molar-refractivity contribution is 7.99. The van der Waals surface area contributed by atoms with E-state index < -0.39 is 102 Å². The Kier molecular flexibility index (Phi) is 28.0. The largest absolute Gasteiger partial charge is 0.508 e. The fourth-order valence-corrected chi connectivity index (χ4v) is 15.8. The molecular formula is C79H96N12O11S3. The van der Waals surface area contributed by atoms with E-state index in [0.29, 0.717) is 47.4 Å². The van der Waals surface area contributed by atoms with Crippen molar-refractivity contribution in [3.05, 3.63) is 185 Å². The molecule has 23 nitrogen and oxygen atoms in total. The number of rotatable bonds is 37. The molecule has 0 spiro atoms. The molecule has 1 fully saturated rings. The zero-order chi connectivity index (χ0) is 74.7. The van der Waals surface area contributed by atoms with Gasteiger partial charge in [-0.2, -0.15) is 37.0 Å². The Labute approximate surface area is 626 Å². The molecule has 105 heavy (non-hydrogen) atoms. The standard InChI is InChI=1S/C79H96N12O11S3/c1-4-31-91-41-50(33-58-57-20-14-23-60-70(57)54(40-82-60)38-68(58)91)44-105-45-69(93)83-62(34-47-15-6-5-7-16-47)73(95)88-66(42-103)76(98)85-63(35-48-25-28-55(92)29-26-48)74(96)86-64(37-53-39-81-59-21-11-10-19-56(53)59)75(97)84-61(22-12-13-30-80)72(94)90-71(46(2)3)78(100)89-67(43-104)77(99)87-65(79(101)102)36-49-24-27-51-17-8-9-18-52(51)32-49/h5-11,14-21,23-29,32,39-40,46,50,58,61-68,71,81-82,92,103-104H,4,12-13,22,30-31,33-38,41-45,80H2,1-3H3,(H,83,93)(H,84,97)(H,85,98)(H,86,96)(H,87,99)(H,88,95)(H,89,100)(H,90,94)(H,101,102)/t50-,58?,61+,62-,63+,64+,65+,66+,67+,68?,71+/m1/s1. The number of phenolic OH excluding ortho intramolecular Hbond substituents is 1. The van der Waals surface area contributed by atoms with E-state index in [0.717, 1.165) is 70.9 Å². The van der Waals surface area contributed by atoms with E-state index in [4.69, 9.17) is 5.73 Å². The first-order chi connectivity index (χ1) is 50.7. The van der Waals surface area contributed by atoms with Gasteiger partial charge in [-0.1, -0.05) is 136 Å². The zero-order valence-electron chi connectivity index (χ0n) is 59.3. The number of carbonyl (C=O) groups excluding carboxylic acids is 8. The fraction of sp³-hybridized carbons (Fsp3) is 0.405. The molecule has 2 aliphatic rings. The summed E-state index contributed by atoms with van der Waals surface area (Å²) in [5.74, 6) is -6.78. The molecule has 3 heterocycles. The summed E-state index contributed by atoms with van der Waals surface area (Å²) in [4.78, 5) is 138. The molecule has 556 valence electrons. The van der Waals surface area contributed by atoms with E-state index in [1.807, 2.05) is 91.0 Å². The minimum Gasteiger partial charge on any atom is -0.508 e. The Morgan fingerprint density at radius 2 is 1.14 bits per heavy atom. The van der Waals surface area contributed by atoms with Gasteiger partial charge in [0.2, 0.25) is 47.3 Å². The van der Waals surface area contributed by atoms with Crippen molar-refractivity contribution in [1.29, 1.82) is 0 Å². The number of para-hydroxylation sites is 1. The highest BCUT2D eigenvalue weighted by Crippen LogP contribution is 2.45. The van der Waals surface area contributed by atoms with Crippen LogP contribution in [0.5, 0.6) is 5.75 Å². The van der Waals surface area contributed by atoms with Gasteiger partial charge < -0.3 is 68.4 Å². The summed E-state index contributed by atoms with van der Waals surface area (Å²) in [6.07, 6.45) is 7.40. The van der Waals surface area contributed by atoms with Gasteiger partial charge in [-0.25, -0.2) is 4.79 Å². The maximum absolute atomic E-state index is 15.2. The van der Waals surface area contributed by atoms with Crippen molar-refractivity contribution in [2.75, 3.05) is 42.6 Å². The molecule has 1 saturated heterocycles. The van der Waals surface area contributed by atoms with E-state index in [1.54, 1.807) is 38.2 Å². The number of phenols is 1. The first-order valence-electron chi connectivity index (χ1n) is 36.0. The van der Waals surface area contributed by atoms with E-state index in [1.165, 1.54) is 40.4 Å². The summed E-state index contributed by atoms with van der Waals surface area (Å²) in [6, 6.07) is 31.7. The number of aliphatic carboxylic acids is 1. The van der Waals surface area contributed by atoms with Crippen LogP contribution in [0.4, 0.5) is 0 Å². The van der Waals surface area contributed by atoms with Crippen molar-refractivity contribution >= 4 is 123 Å². The van der Waals surface area contributed by atoms with Crippen molar-refractivity contribution in [1.82, 2.24) is 57.4 Å². The predicted octanol–water partition coefficient (Wildman–Crippen LogP) is 6.56. The lowest BCUT2D eigenvalue weighted by atomic mass is 9.72. The van der Waals surface area contributed by atoms with Crippen molar-refractivity contribution in [3.63, 3.8) is 0 Å². The number of hydrogen-bond acceptors (Lipinski definition) is 15. The highest BCUT2D eigenvalue weighted by Gasteiger charge is 2.42. The second-order valence-electron chi connectivity index (χ2n) is 27.8. The number of carbonyl (C=O) groups is 9. The number of unbranched alkanes of at least 4 members (excludes halogenated alkanes) is 1. The number of thioether (sulfide) groups is 1. The van der Waals surface area contributed by atoms with Crippen LogP contribution in [-0.4, -0.2) is 175 Å². The number of nitrogens with two attached hydrogens (primary N) is 1. The molecule has 0 saturated carbocycles. The van der Waals surface area contributed by atoms with Crippen LogP contribution in [0, 0.1) is 11.8 Å². The molecule has 8 aromatic rings. The Morgan fingerprint density at radius 3 is 1.82 bits per heavy atom. The Balaban J connectivity index is 0.823. The van der Waals surface area contributed by atoms with Gasteiger partial charge >= 0.3 is 5.97 Å². The molecule has 8 amide bonds. The Bertz CT molecular complexity index is 4350. The number of thiol groups is 2. The number of H-pyrrole nitrogens is 2. The van der Waals surface area contributed by atoms with E-state index >= 15 is 9.59 Å². The number of nitrogens with one attached hydrogen (secondary N) is 10. The van der Waals surface area contributed by atoms with Crippen LogP contribution in [0.25, 0.3) is 32.6 Å². The second-order valence-corrected chi connectivity index (χ2v) is 29.5. The Hall–Kier alpha value is -9.34. The maximum atomic E-state index is 15.2. The summed E-state index contributed by atoms with van der Waals surface area (Å²) in [5, 5.41) is 46.6. The van der Waals surface area contributed by atoms with Crippen LogP contribution < -0.4 is 48.3 Å². The number of nitrogens with zero attached hydrogens (tertiary/aromatic N) is 1. The monoisotopic (exact) mass is 1480 g/mol. The minimum atomic E-state index is -1.45. The molecule has 6 aromatic carbocycles. The number of carboxylic acids is 1. The fourth-order valence-electron chi connectivity index (χ4n) is 14.3. The average Bonchev–Trinajstić information content (AvgIpc) is 1.70. The molecule has 2 unspecified atom stereocenters. The molecule has 0 radical (unpaired) electrons. The first-order valence-corrected chi connectivity index (χ1v) is 38.4. The molecule has 1 aliphatic heterocycles. The molecule has 26 heteroatoms. The molecule has 10 rings (SSSR count). The number of carboxylic acid groups (broad SMARTS) is 1. The van der Waals surface area contributed by atoms with Crippen LogP contribution in [0.2, 0.25) is 0 Å². The molecule has 2 aromatic heterocycles. The molecule has 0 bridgehead atoms. The number of hydrogen-bond donors (Lipinski definition) is 15. The van der Waals surface area contributed by atoms with Gasteiger partial charge in [0.05, 0.1) is 5.75 Å². The average molecular weight is 1490 g/mol. The van der Waals surface area contributed by atoms with Crippen LogP contribution >= 0.6 is 37.0 Å². The lowest BCUT2D eigenvalue weighted by Gasteiger charge is -2.47. The summed E-state index contributed by atoms with van der Waals surface area (Å²) in [5.41, 5.74) is 13.1. The molecule has 11 atom stereocenters. The van der Waals surface area contributed by atoms with Gasteiger partial charge in [-0.05, 0) is 138 Å². The Morgan fingerprint density at radius 1 is 0.581 bits per heavy atom. The number of amides is 8. The highest BCUT2D eigenvalue weighted by atomic mass is 32.2. The van der Waals surface area contributed by atoms with Crippen LogP contribution in [0.3, 0.4) is 0 Å². The number of likely N-dealkylation sites (tertiary alicyclic amines) is 1. The zero-order valence-corrected chi connectivity index (χ0v) is 61.9. The molecule has 1 aliphatic carbocycles. The second kappa shape index (κ2) is 37.6. The third-order valence-corrected chi connectivity index (χ3v) is 21.7. The predicted molar refractivity (Wildman–Crippen MR) is 416 cm³/mol. The smallest absolute Gasteiger partial charge is 0.326 e. The van der Waals surface area contributed by atoms with Crippen LogP contribution in [0.1, 0.15) is 92.2 Å². The van der Waals surface area contributed by atoms with Crippen LogP contribution in [-0.2, 0) is 75.3 Å². The minimum absolute atomic E-state index is 0.0308. The number of aromatic nitrogens is 2. The third-order valence-electron chi connectivity index (χ3n) is 19.8. The lowest BCUT2D eigenvalue weighted by Crippen LogP contribution is -2.61. The first kappa shape index (κ1) is 78.3. The third kappa shape index (κ3) is 20.8. The van der Waals surface area contributed by atoms with Gasteiger partial charge in [0.15, 0.2) is 0 Å². The van der Waals surface area contributed by atoms with E-state index in [2.05, 4.69) is 114 Å². The lowest BCUT2D eigenvalue weighted by molar-refractivity contribution is -0.142. The number of benzene rings is 6. The topological polar surface area (TPSA) is 351 Å². The summed E-state index contributed by atoms with van der Waals surface area (Å²) >= 11 is 10.4. The quantitative estimate of drug-likeness (QED) is 0.0145. The molecule has 14 N–H and O–H groups in total. The van der Waals surface area contributed by atoms with Gasteiger partial charge in [0.25, 0.3) is 0 Å². The normalized spacial score (nSPS) is 17.2. The summed E-state index contributed by atoms with van der Waals surface area (Å²) < 4.78 is 0. The van der Waals surface area contributed by atoms with Crippen molar-refractivity contribution in [3.8, 4) is 5.75 Å². The number of aromatic amines is 2.